The Hall–Kier alpha value is -3.35. The quantitative estimate of drug-likeness (QED) is 0.208. The normalized spacial score (nSPS) is 21.9. The molecule has 3 fully saturated rings. The average molecular weight is 652 g/mol. The first-order valence-corrected chi connectivity index (χ1v) is 15.2. The number of aromatic carboxylic acids is 1. The lowest BCUT2D eigenvalue weighted by Crippen LogP contribution is -2.46. The summed E-state index contributed by atoms with van der Waals surface area (Å²) in [6.07, 6.45) is -1.07. The van der Waals surface area contributed by atoms with E-state index in [0.29, 0.717) is 45.4 Å². The second kappa shape index (κ2) is 10.4. The molecule has 2 aromatic heterocycles. The van der Waals surface area contributed by atoms with Crippen LogP contribution in [0.3, 0.4) is 0 Å². The summed E-state index contributed by atoms with van der Waals surface area (Å²) in [5.41, 5.74) is -0.943. The monoisotopic (exact) mass is 651 g/mol. The number of hydrogen-bond donors (Lipinski definition) is 1. The van der Waals surface area contributed by atoms with E-state index >= 15 is 0 Å². The minimum atomic E-state index is -4.76. The van der Waals surface area contributed by atoms with E-state index < -0.39 is 35.3 Å². The number of fused-ring (bicyclic) bond motifs is 3. The highest BCUT2D eigenvalue weighted by Crippen LogP contribution is 2.48. The van der Waals surface area contributed by atoms with E-state index in [-0.39, 0.29) is 39.5 Å². The van der Waals surface area contributed by atoms with Gasteiger partial charge in [0.15, 0.2) is 10.9 Å². The predicted octanol–water partition coefficient (Wildman–Crippen LogP) is 8.21. The van der Waals surface area contributed by atoms with Gasteiger partial charge in [-0.25, -0.2) is 14.6 Å². The van der Waals surface area contributed by atoms with Crippen molar-refractivity contribution in [3.8, 4) is 11.3 Å². The molecule has 224 valence electrons. The van der Waals surface area contributed by atoms with Gasteiger partial charge in [-0.3, -0.25) is 0 Å². The van der Waals surface area contributed by atoms with E-state index in [0.717, 1.165) is 37.0 Å². The number of alkyl halides is 3. The van der Waals surface area contributed by atoms with Crippen LogP contribution >= 0.6 is 34.5 Å². The zero-order valence-electron chi connectivity index (χ0n) is 22.2. The molecular formula is C29H22Cl2F3N3O5S. The van der Waals surface area contributed by atoms with E-state index in [9.17, 15) is 27.9 Å². The van der Waals surface area contributed by atoms with Crippen molar-refractivity contribution in [3.63, 3.8) is 0 Å². The van der Waals surface area contributed by atoms with Crippen molar-refractivity contribution in [2.24, 2.45) is 0 Å². The van der Waals surface area contributed by atoms with Gasteiger partial charge in [0.25, 0.3) is 0 Å². The van der Waals surface area contributed by atoms with Crippen LogP contribution in [0.4, 0.5) is 18.3 Å². The summed E-state index contributed by atoms with van der Waals surface area (Å²) < 4.78 is 53.3. The lowest BCUT2D eigenvalue weighted by atomic mass is 9.99. The molecule has 1 N–H and O–H groups in total. The molecule has 2 aliphatic heterocycles. The number of nitrogens with zero attached hydrogens (tertiary/aromatic N) is 3. The van der Waals surface area contributed by atoms with Crippen molar-refractivity contribution in [2.75, 3.05) is 4.90 Å². The number of ether oxygens (including phenoxy) is 1. The Morgan fingerprint density at radius 1 is 1.07 bits per heavy atom. The molecule has 0 amide bonds. The molecule has 3 atom stereocenters. The highest BCUT2D eigenvalue weighted by atomic mass is 35.5. The first-order chi connectivity index (χ1) is 20.5. The van der Waals surface area contributed by atoms with Crippen LogP contribution < -0.4 is 4.90 Å². The summed E-state index contributed by atoms with van der Waals surface area (Å²) in [6, 6.07) is 6.61. The summed E-state index contributed by atoms with van der Waals surface area (Å²) in [5.74, 6) is -1.51. The number of carboxylic acid groups (broad SMARTS) is 1. The number of rotatable bonds is 6. The highest BCUT2D eigenvalue weighted by Gasteiger charge is 2.45. The molecule has 7 rings (SSSR count). The largest absolute Gasteiger partial charge is 0.478 e. The minimum Gasteiger partial charge on any atom is -0.478 e. The predicted molar refractivity (Wildman–Crippen MR) is 153 cm³/mol. The molecule has 4 aromatic rings. The number of thiazole rings is 1. The van der Waals surface area contributed by atoms with Crippen molar-refractivity contribution in [1.29, 1.82) is 0 Å². The summed E-state index contributed by atoms with van der Waals surface area (Å²) in [7, 11) is 0. The highest BCUT2D eigenvalue weighted by molar-refractivity contribution is 7.22. The fourth-order valence-corrected chi connectivity index (χ4v) is 7.98. The molecule has 2 saturated heterocycles. The number of hydrogen-bond acceptors (Lipinski definition) is 8. The fraction of sp³-hybridized carbons (Fsp3) is 0.379. The second-order valence-corrected chi connectivity index (χ2v) is 12.9. The molecule has 0 spiro atoms. The van der Waals surface area contributed by atoms with E-state index in [2.05, 4.69) is 10.1 Å². The number of halogens is 5. The fourth-order valence-electron chi connectivity index (χ4n) is 6.23. The van der Waals surface area contributed by atoms with Crippen LogP contribution in [0.2, 0.25) is 10.0 Å². The van der Waals surface area contributed by atoms with E-state index in [1.807, 2.05) is 4.90 Å². The number of aromatic nitrogens is 2. The standard InChI is InChI=1S/C29H22Cl2F3N3O5S/c30-18-2-1-3-19(31)21(18)24-22(25(42-36-24)12-4-5-12)27(40)41-16-10-14-6-7-15(11-16)37(14)28-35-23-17(29(32,33)34)8-13(26(38)39)9-20(23)43-28/h1-3,8-9,12,14-16H,4-7,10-11H2,(H,38,39)/t14-,15+,16+. The average Bonchev–Trinajstić information content (AvgIpc) is 3.44. The number of anilines is 1. The minimum absolute atomic E-state index is 0.0605. The molecule has 2 bridgehead atoms. The zero-order chi connectivity index (χ0) is 30.2. The first-order valence-electron chi connectivity index (χ1n) is 13.7. The van der Waals surface area contributed by atoms with Crippen molar-refractivity contribution >= 4 is 61.8 Å². The van der Waals surface area contributed by atoms with Crippen molar-refractivity contribution in [1.82, 2.24) is 10.1 Å². The summed E-state index contributed by atoms with van der Waals surface area (Å²) in [5, 5.41) is 14.6. The number of carboxylic acids is 1. The molecule has 14 heteroatoms. The molecular weight excluding hydrogens is 630 g/mol. The van der Waals surface area contributed by atoms with E-state index in [1.54, 1.807) is 18.2 Å². The molecule has 43 heavy (non-hydrogen) atoms. The van der Waals surface area contributed by atoms with Crippen LogP contribution in [0.25, 0.3) is 21.5 Å². The third kappa shape index (κ3) is 5.02. The van der Waals surface area contributed by atoms with Crippen molar-refractivity contribution in [2.45, 2.75) is 68.8 Å². The van der Waals surface area contributed by atoms with Crippen LogP contribution in [0, 0.1) is 0 Å². The van der Waals surface area contributed by atoms with Gasteiger partial charge in [-0.05, 0) is 49.9 Å². The van der Waals surface area contributed by atoms with Crippen LogP contribution in [0.5, 0.6) is 0 Å². The van der Waals surface area contributed by atoms with Crippen LogP contribution in [-0.2, 0) is 10.9 Å². The maximum atomic E-state index is 13.8. The molecule has 3 aliphatic rings. The molecule has 1 aliphatic carbocycles. The third-order valence-corrected chi connectivity index (χ3v) is 9.94. The molecule has 0 radical (unpaired) electrons. The van der Waals surface area contributed by atoms with Gasteiger partial charge in [-0.15, -0.1) is 0 Å². The van der Waals surface area contributed by atoms with Gasteiger partial charge in [-0.1, -0.05) is 45.8 Å². The zero-order valence-corrected chi connectivity index (χ0v) is 24.5. The van der Waals surface area contributed by atoms with E-state index in [4.69, 9.17) is 32.5 Å². The third-order valence-electron chi connectivity index (χ3n) is 8.29. The topological polar surface area (TPSA) is 106 Å². The van der Waals surface area contributed by atoms with E-state index in [1.165, 1.54) is 6.07 Å². The molecule has 0 unspecified atom stereocenters. The van der Waals surface area contributed by atoms with Crippen LogP contribution in [-0.4, -0.2) is 45.4 Å². The van der Waals surface area contributed by atoms with Gasteiger partial charge in [0, 0.05) is 36.4 Å². The lowest BCUT2D eigenvalue weighted by Gasteiger charge is -2.38. The Morgan fingerprint density at radius 2 is 1.74 bits per heavy atom. The second-order valence-electron chi connectivity index (χ2n) is 11.1. The number of carbonyl (C=O) groups excluding carboxylic acids is 1. The Morgan fingerprint density at radius 3 is 2.35 bits per heavy atom. The SMILES string of the molecule is O=C(O)c1cc(C(F)(F)F)c2nc(N3[C@@H]4CC[C@H]3C[C@@H](OC(=O)c3c(-c5c(Cl)cccc5Cl)noc3C3CC3)C4)sc2c1. The summed E-state index contributed by atoms with van der Waals surface area (Å²) in [4.78, 5) is 31.5. The smallest absolute Gasteiger partial charge is 0.418 e. The lowest BCUT2D eigenvalue weighted by molar-refractivity contribution is -0.136. The number of esters is 1. The molecule has 1 saturated carbocycles. The number of carbonyl (C=O) groups is 2. The van der Waals surface area contributed by atoms with Gasteiger partial charge in [-0.2, -0.15) is 13.2 Å². The first kappa shape index (κ1) is 28.4. The van der Waals surface area contributed by atoms with Crippen LogP contribution in [0.15, 0.2) is 34.9 Å². The van der Waals surface area contributed by atoms with Crippen molar-refractivity contribution < 1.29 is 37.1 Å². The van der Waals surface area contributed by atoms with Gasteiger partial charge in [0.05, 0.1) is 31.4 Å². The van der Waals surface area contributed by atoms with Gasteiger partial charge in [0.2, 0.25) is 0 Å². The number of benzene rings is 2. The molecule has 8 nitrogen and oxygen atoms in total. The molecule has 4 heterocycles. The van der Waals surface area contributed by atoms with Gasteiger partial charge >= 0.3 is 18.1 Å². The summed E-state index contributed by atoms with van der Waals surface area (Å²) >= 11 is 13.9. The Bertz CT molecular complexity index is 1750. The Balaban J connectivity index is 1.15. The summed E-state index contributed by atoms with van der Waals surface area (Å²) in [6.45, 7) is 0. The maximum absolute atomic E-state index is 13.8. The van der Waals surface area contributed by atoms with Gasteiger partial charge in [0.1, 0.15) is 17.4 Å². The van der Waals surface area contributed by atoms with Crippen LogP contribution in [0.1, 0.15) is 76.5 Å². The maximum Gasteiger partial charge on any atom is 0.418 e. The Kier molecular flexibility index (Phi) is 6.86. The number of piperidine rings is 1. The molecule has 2 aromatic carbocycles. The Labute approximate surface area is 256 Å². The van der Waals surface area contributed by atoms with Gasteiger partial charge < -0.3 is 19.3 Å². The van der Waals surface area contributed by atoms with Crippen molar-refractivity contribution in [3.05, 3.63) is 62.8 Å².